The monoisotopic (exact) mass is 311 g/mol. The molecule has 0 fully saturated rings. The Kier molecular flexibility index (Phi) is 6.33. The number of hydrogen-bond acceptors (Lipinski definition) is 4. The van der Waals surface area contributed by atoms with E-state index in [1.54, 1.807) is 23.5 Å². The summed E-state index contributed by atoms with van der Waals surface area (Å²) in [6, 6.07) is 9.37. The van der Waals surface area contributed by atoms with Crippen molar-refractivity contribution in [3.8, 4) is 5.75 Å². The van der Waals surface area contributed by atoms with E-state index < -0.39 is 6.10 Å². The molecule has 0 radical (unpaired) electrons. The summed E-state index contributed by atoms with van der Waals surface area (Å²) in [4.78, 5) is 0. The van der Waals surface area contributed by atoms with Crippen molar-refractivity contribution >= 4 is 22.9 Å². The highest BCUT2D eigenvalue weighted by atomic mass is 35.5. The first-order valence-corrected chi connectivity index (χ1v) is 7.85. The Morgan fingerprint density at radius 1 is 1.30 bits per heavy atom. The van der Waals surface area contributed by atoms with Crippen LogP contribution in [0.15, 0.2) is 41.1 Å². The van der Waals surface area contributed by atoms with Gasteiger partial charge < -0.3 is 15.2 Å². The van der Waals surface area contributed by atoms with Crippen molar-refractivity contribution in [2.24, 2.45) is 0 Å². The molecule has 0 saturated carbocycles. The molecule has 2 rings (SSSR count). The average molecular weight is 312 g/mol. The summed E-state index contributed by atoms with van der Waals surface area (Å²) < 4.78 is 5.48. The summed E-state index contributed by atoms with van der Waals surface area (Å²) in [7, 11) is 0. The Balaban J connectivity index is 1.61. The van der Waals surface area contributed by atoms with E-state index in [0.29, 0.717) is 17.3 Å². The van der Waals surface area contributed by atoms with Crippen molar-refractivity contribution < 1.29 is 9.84 Å². The van der Waals surface area contributed by atoms with Gasteiger partial charge in [0.1, 0.15) is 18.5 Å². The van der Waals surface area contributed by atoms with Gasteiger partial charge in [-0.2, -0.15) is 11.3 Å². The van der Waals surface area contributed by atoms with Crippen LogP contribution >= 0.6 is 22.9 Å². The van der Waals surface area contributed by atoms with E-state index in [2.05, 4.69) is 22.1 Å². The molecule has 0 saturated heterocycles. The summed E-state index contributed by atoms with van der Waals surface area (Å²) >= 11 is 7.67. The minimum atomic E-state index is -0.547. The molecule has 108 valence electrons. The maximum Gasteiger partial charge on any atom is 0.138 e. The van der Waals surface area contributed by atoms with Gasteiger partial charge in [0.15, 0.2) is 0 Å². The summed E-state index contributed by atoms with van der Waals surface area (Å²) in [5.41, 5.74) is 1.32. The van der Waals surface area contributed by atoms with Crippen molar-refractivity contribution in [2.75, 3.05) is 19.7 Å². The lowest BCUT2D eigenvalue weighted by Gasteiger charge is -2.13. The Labute approximate surface area is 128 Å². The summed E-state index contributed by atoms with van der Waals surface area (Å²) in [5.74, 6) is 0.603. The highest BCUT2D eigenvalue weighted by molar-refractivity contribution is 7.07. The van der Waals surface area contributed by atoms with Gasteiger partial charge >= 0.3 is 0 Å². The normalized spacial score (nSPS) is 12.3. The van der Waals surface area contributed by atoms with Gasteiger partial charge in [-0.15, -0.1) is 0 Å². The van der Waals surface area contributed by atoms with E-state index >= 15 is 0 Å². The fraction of sp³-hybridized carbons (Fsp3) is 0.333. The quantitative estimate of drug-likeness (QED) is 0.737. The molecule has 3 nitrogen and oxygen atoms in total. The molecular formula is C15H18ClNO2S. The lowest BCUT2D eigenvalue weighted by atomic mass is 10.2. The number of benzene rings is 1. The number of aliphatic hydroxyl groups excluding tert-OH is 1. The number of rotatable bonds is 8. The maximum atomic E-state index is 9.83. The third-order valence-electron chi connectivity index (χ3n) is 2.82. The second-order valence-electron chi connectivity index (χ2n) is 4.48. The number of nitrogens with one attached hydrogen (secondary N) is 1. The predicted molar refractivity (Wildman–Crippen MR) is 83.8 cm³/mol. The smallest absolute Gasteiger partial charge is 0.138 e. The predicted octanol–water partition coefficient (Wildman–Crippen LogP) is 2.97. The Morgan fingerprint density at radius 3 is 2.90 bits per heavy atom. The Morgan fingerprint density at radius 2 is 2.15 bits per heavy atom. The van der Waals surface area contributed by atoms with Gasteiger partial charge in [-0.05, 0) is 47.5 Å². The number of para-hydroxylation sites is 1. The fourth-order valence-electron chi connectivity index (χ4n) is 1.74. The average Bonchev–Trinajstić information content (AvgIpc) is 2.96. The first-order chi connectivity index (χ1) is 9.75. The van der Waals surface area contributed by atoms with E-state index in [9.17, 15) is 5.11 Å². The van der Waals surface area contributed by atoms with Crippen LogP contribution in [0.3, 0.4) is 0 Å². The van der Waals surface area contributed by atoms with Gasteiger partial charge in [0.2, 0.25) is 0 Å². The molecule has 0 aliphatic rings. The van der Waals surface area contributed by atoms with Gasteiger partial charge in [0.05, 0.1) is 5.02 Å². The Hall–Kier alpha value is -1.07. The molecule has 1 heterocycles. The highest BCUT2D eigenvalue weighted by Crippen LogP contribution is 2.22. The van der Waals surface area contributed by atoms with E-state index in [1.807, 2.05) is 12.1 Å². The Bertz CT molecular complexity index is 504. The summed E-state index contributed by atoms with van der Waals surface area (Å²) in [5, 5.41) is 17.8. The van der Waals surface area contributed by atoms with Gasteiger partial charge in [-0.3, -0.25) is 0 Å². The molecule has 2 N–H and O–H groups in total. The van der Waals surface area contributed by atoms with Crippen LogP contribution in [0.4, 0.5) is 0 Å². The second kappa shape index (κ2) is 8.27. The topological polar surface area (TPSA) is 41.5 Å². The summed E-state index contributed by atoms with van der Waals surface area (Å²) in [6.45, 7) is 1.59. The zero-order valence-electron chi connectivity index (χ0n) is 11.1. The third-order valence-corrected chi connectivity index (χ3v) is 3.86. The molecule has 0 bridgehead atoms. The van der Waals surface area contributed by atoms with E-state index in [4.69, 9.17) is 16.3 Å². The zero-order chi connectivity index (χ0) is 14.2. The number of ether oxygens (including phenoxy) is 1. The zero-order valence-corrected chi connectivity index (χ0v) is 12.7. The van der Waals surface area contributed by atoms with Crippen LogP contribution < -0.4 is 10.1 Å². The molecule has 1 aromatic heterocycles. The van der Waals surface area contributed by atoms with Crippen LogP contribution in [0.25, 0.3) is 0 Å². The molecule has 2 aromatic rings. The molecule has 0 spiro atoms. The van der Waals surface area contributed by atoms with Gasteiger partial charge in [-0.1, -0.05) is 23.7 Å². The van der Waals surface area contributed by atoms with E-state index in [0.717, 1.165) is 13.0 Å². The molecular weight excluding hydrogens is 294 g/mol. The molecule has 1 unspecified atom stereocenters. The SMILES string of the molecule is OC(CNCCc1ccsc1)COc1ccccc1Cl. The second-order valence-corrected chi connectivity index (χ2v) is 5.67. The lowest BCUT2D eigenvalue weighted by Crippen LogP contribution is -2.32. The van der Waals surface area contributed by atoms with Gasteiger partial charge in [-0.25, -0.2) is 0 Å². The summed E-state index contributed by atoms with van der Waals surface area (Å²) in [6.07, 6.45) is 0.426. The van der Waals surface area contributed by atoms with Crippen molar-refractivity contribution in [3.05, 3.63) is 51.7 Å². The number of aliphatic hydroxyl groups is 1. The molecule has 0 aliphatic heterocycles. The molecule has 0 amide bonds. The van der Waals surface area contributed by atoms with Crippen LogP contribution in [0, 0.1) is 0 Å². The maximum absolute atomic E-state index is 9.83. The lowest BCUT2D eigenvalue weighted by molar-refractivity contribution is 0.107. The molecule has 0 aliphatic carbocycles. The molecule has 1 atom stereocenters. The minimum absolute atomic E-state index is 0.231. The van der Waals surface area contributed by atoms with Crippen LogP contribution in [0.5, 0.6) is 5.75 Å². The molecule has 1 aromatic carbocycles. The van der Waals surface area contributed by atoms with E-state index in [-0.39, 0.29) is 6.61 Å². The van der Waals surface area contributed by atoms with Crippen LogP contribution in [0.2, 0.25) is 5.02 Å². The van der Waals surface area contributed by atoms with Gasteiger partial charge in [0, 0.05) is 6.54 Å². The van der Waals surface area contributed by atoms with Crippen LogP contribution in [-0.4, -0.2) is 30.9 Å². The van der Waals surface area contributed by atoms with Crippen LogP contribution in [-0.2, 0) is 6.42 Å². The number of halogens is 1. The van der Waals surface area contributed by atoms with Crippen molar-refractivity contribution in [1.29, 1.82) is 0 Å². The first kappa shape index (κ1) is 15.3. The standard InChI is InChI=1S/C15H18ClNO2S/c16-14-3-1-2-4-15(14)19-10-13(18)9-17-7-5-12-6-8-20-11-12/h1-4,6,8,11,13,17-18H,5,7,9-10H2. The number of thiophene rings is 1. The highest BCUT2D eigenvalue weighted by Gasteiger charge is 2.06. The van der Waals surface area contributed by atoms with Gasteiger partial charge in [0.25, 0.3) is 0 Å². The van der Waals surface area contributed by atoms with Crippen molar-refractivity contribution in [1.82, 2.24) is 5.32 Å². The fourth-order valence-corrected chi connectivity index (χ4v) is 2.64. The minimum Gasteiger partial charge on any atom is -0.489 e. The van der Waals surface area contributed by atoms with E-state index in [1.165, 1.54) is 5.56 Å². The number of hydrogen-bond donors (Lipinski definition) is 2. The molecule has 5 heteroatoms. The van der Waals surface area contributed by atoms with Crippen molar-refractivity contribution in [3.63, 3.8) is 0 Å². The third kappa shape index (κ3) is 5.13. The largest absolute Gasteiger partial charge is 0.489 e. The van der Waals surface area contributed by atoms with Crippen LogP contribution in [0.1, 0.15) is 5.56 Å². The first-order valence-electron chi connectivity index (χ1n) is 6.53. The van der Waals surface area contributed by atoms with Crippen molar-refractivity contribution in [2.45, 2.75) is 12.5 Å². The molecule has 20 heavy (non-hydrogen) atoms.